The molecule has 0 bridgehead atoms. The van der Waals surface area contributed by atoms with Crippen LogP contribution in [0, 0.1) is 11.8 Å². The first-order valence-corrected chi connectivity index (χ1v) is 9.49. The van der Waals surface area contributed by atoms with Crippen LogP contribution in [0.1, 0.15) is 26.2 Å². The Labute approximate surface area is 140 Å². The van der Waals surface area contributed by atoms with Gasteiger partial charge in [0.25, 0.3) is 0 Å². The molecule has 4 nitrogen and oxygen atoms in total. The normalized spacial score (nSPS) is 17.5. The number of sulfone groups is 1. The average molecular weight is 348 g/mol. The zero-order valence-corrected chi connectivity index (χ0v) is 14.9. The minimum atomic E-state index is -3.13. The first-order valence-electron chi connectivity index (χ1n) is 7.60. The summed E-state index contributed by atoms with van der Waals surface area (Å²) in [7, 11) is -3.13. The van der Waals surface area contributed by atoms with E-state index in [1.54, 1.807) is 24.3 Å². The summed E-state index contributed by atoms with van der Waals surface area (Å²) in [4.78, 5) is 0.331. The van der Waals surface area contributed by atoms with Gasteiger partial charge in [-0.15, -0.1) is 12.4 Å². The lowest BCUT2D eigenvalue weighted by Crippen LogP contribution is -2.31. The largest absolute Gasteiger partial charge is 0.494 e. The Kier molecular flexibility index (Phi) is 7.66. The Morgan fingerprint density at radius 2 is 1.82 bits per heavy atom. The second-order valence-electron chi connectivity index (χ2n) is 5.95. The van der Waals surface area contributed by atoms with E-state index in [0.717, 1.165) is 31.2 Å². The van der Waals surface area contributed by atoms with Gasteiger partial charge in [-0.1, -0.05) is 6.92 Å². The molecular formula is C16H26ClNO3S. The van der Waals surface area contributed by atoms with E-state index in [4.69, 9.17) is 4.74 Å². The van der Waals surface area contributed by atoms with Gasteiger partial charge in [0, 0.05) is 6.26 Å². The smallest absolute Gasteiger partial charge is 0.175 e. The second kappa shape index (κ2) is 8.75. The molecule has 0 saturated carbocycles. The number of benzene rings is 1. The summed E-state index contributed by atoms with van der Waals surface area (Å²) in [6, 6.07) is 6.65. The highest BCUT2D eigenvalue weighted by molar-refractivity contribution is 7.90. The van der Waals surface area contributed by atoms with Gasteiger partial charge in [0.05, 0.1) is 11.5 Å². The predicted molar refractivity (Wildman–Crippen MR) is 91.7 cm³/mol. The van der Waals surface area contributed by atoms with Crippen LogP contribution in [0.15, 0.2) is 29.2 Å². The van der Waals surface area contributed by atoms with Gasteiger partial charge in [0.15, 0.2) is 9.84 Å². The van der Waals surface area contributed by atoms with E-state index in [2.05, 4.69) is 12.2 Å². The zero-order chi connectivity index (χ0) is 15.3. The van der Waals surface area contributed by atoms with E-state index in [1.165, 1.54) is 19.1 Å². The highest BCUT2D eigenvalue weighted by Gasteiger charge is 2.19. The van der Waals surface area contributed by atoms with Crippen molar-refractivity contribution in [1.29, 1.82) is 0 Å². The third-order valence-electron chi connectivity index (χ3n) is 4.28. The lowest BCUT2D eigenvalue weighted by Gasteiger charge is -2.28. The van der Waals surface area contributed by atoms with Crippen molar-refractivity contribution in [1.82, 2.24) is 5.32 Å². The molecule has 6 heteroatoms. The van der Waals surface area contributed by atoms with Crippen LogP contribution in [0.4, 0.5) is 0 Å². The summed E-state index contributed by atoms with van der Waals surface area (Å²) < 4.78 is 28.5. The van der Waals surface area contributed by atoms with E-state index < -0.39 is 9.84 Å². The standard InChI is InChI=1S/C16H25NO3S.ClH/c1-13(14-7-10-17-11-8-14)9-12-20-15-3-5-16(6-4-15)21(2,18)19;/h3-6,13-14,17H,7-12H2,1-2H3;1H/t13-;/m1./s1. The van der Waals surface area contributed by atoms with Gasteiger partial charge >= 0.3 is 0 Å². The van der Waals surface area contributed by atoms with Gasteiger partial charge in [0.1, 0.15) is 5.75 Å². The van der Waals surface area contributed by atoms with Crippen molar-refractivity contribution >= 4 is 22.2 Å². The fourth-order valence-electron chi connectivity index (χ4n) is 2.79. The molecular weight excluding hydrogens is 322 g/mol. The summed E-state index contributed by atoms with van der Waals surface area (Å²) in [6.45, 7) is 5.24. The minimum Gasteiger partial charge on any atom is -0.494 e. The van der Waals surface area contributed by atoms with E-state index in [1.807, 2.05) is 0 Å². The van der Waals surface area contributed by atoms with Crippen molar-refractivity contribution in [2.45, 2.75) is 31.1 Å². The molecule has 1 aromatic rings. The molecule has 1 aliphatic heterocycles. The minimum absolute atomic E-state index is 0. The average Bonchev–Trinajstić information content (AvgIpc) is 2.47. The Morgan fingerprint density at radius 3 is 2.36 bits per heavy atom. The molecule has 1 aliphatic rings. The maximum absolute atomic E-state index is 11.4. The number of hydrogen-bond donors (Lipinski definition) is 1. The van der Waals surface area contributed by atoms with Crippen molar-refractivity contribution in [3.8, 4) is 5.75 Å². The summed E-state index contributed by atoms with van der Waals surface area (Å²) in [5.74, 6) is 2.20. The van der Waals surface area contributed by atoms with Gasteiger partial charge in [-0.3, -0.25) is 0 Å². The molecule has 1 fully saturated rings. The van der Waals surface area contributed by atoms with Crippen LogP contribution >= 0.6 is 12.4 Å². The van der Waals surface area contributed by atoms with E-state index >= 15 is 0 Å². The van der Waals surface area contributed by atoms with Gasteiger partial charge in [-0.2, -0.15) is 0 Å². The Balaban J connectivity index is 0.00000242. The molecule has 2 rings (SSSR count). The molecule has 1 N–H and O–H groups in total. The van der Waals surface area contributed by atoms with Crippen LogP contribution in [0.2, 0.25) is 0 Å². The van der Waals surface area contributed by atoms with Crippen molar-refractivity contribution < 1.29 is 13.2 Å². The number of hydrogen-bond acceptors (Lipinski definition) is 4. The number of nitrogens with one attached hydrogen (secondary N) is 1. The molecule has 1 aromatic carbocycles. The molecule has 22 heavy (non-hydrogen) atoms. The molecule has 0 aromatic heterocycles. The fraction of sp³-hybridized carbons (Fsp3) is 0.625. The first kappa shape index (κ1) is 19.3. The molecule has 0 radical (unpaired) electrons. The van der Waals surface area contributed by atoms with Gasteiger partial charge in [0.2, 0.25) is 0 Å². The number of rotatable bonds is 6. The van der Waals surface area contributed by atoms with Crippen molar-refractivity contribution in [3.05, 3.63) is 24.3 Å². The molecule has 0 spiro atoms. The summed E-state index contributed by atoms with van der Waals surface area (Å²) >= 11 is 0. The lowest BCUT2D eigenvalue weighted by atomic mass is 9.84. The van der Waals surface area contributed by atoms with Crippen molar-refractivity contribution in [3.63, 3.8) is 0 Å². The second-order valence-corrected chi connectivity index (χ2v) is 7.96. The summed E-state index contributed by atoms with van der Waals surface area (Å²) in [5, 5.41) is 3.39. The molecule has 1 heterocycles. The molecule has 0 amide bonds. The molecule has 1 atom stereocenters. The molecule has 0 aliphatic carbocycles. The van der Waals surface area contributed by atoms with E-state index in [9.17, 15) is 8.42 Å². The van der Waals surface area contributed by atoms with Crippen LogP contribution in [-0.2, 0) is 9.84 Å². The molecule has 1 saturated heterocycles. The summed E-state index contributed by atoms with van der Waals surface area (Å²) in [6.07, 6.45) is 4.76. The van der Waals surface area contributed by atoms with Crippen molar-refractivity contribution in [2.24, 2.45) is 11.8 Å². The topological polar surface area (TPSA) is 55.4 Å². The maximum atomic E-state index is 11.4. The Hall–Kier alpha value is -0.780. The highest BCUT2D eigenvalue weighted by atomic mass is 35.5. The van der Waals surface area contributed by atoms with Gasteiger partial charge < -0.3 is 10.1 Å². The SMILES string of the molecule is C[C@H](CCOc1ccc(S(C)(=O)=O)cc1)C1CCNCC1.Cl. The van der Waals surface area contributed by atoms with Crippen LogP contribution in [0.5, 0.6) is 5.75 Å². The Morgan fingerprint density at radius 1 is 1.23 bits per heavy atom. The Bertz CT molecular complexity index is 539. The van der Waals surface area contributed by atoms with Crippen LogP contribution in [-0.4, -0.2) is 34.4 Å². The lowest BCUT2D eigenvalue weighted by molar-refractivity contribution is 0.216. The predicted octanol–water partition coefficient (Wildman–Crippen LogP) is 2.92. The number of piperidine rings is 1. The highest BCUT2D eigenvalue weighted by Crippen LogP contribution is 2.24. The summed E-state index contributed by atoms with van der Waals surface area (Å²) in [5.41, 5.74) is 0. The fourth-order valence-corrected chi connectivity index (χ4v) is 3.43. The zero-order valence-electron chi connectivity index (χ0n) is 13.2. The van der Waals surface area contributed by atoms with E-state index in [-0.39, 0.29) is 12.4 Å². The van der Waals surface area contributed by atoms with Crippen molar-refractivity contribution in [2.75, 3.05) is 26.0 Å². The van der Waals surface area contributed by atoms with Gasteiger partial charge in [-0.25, -0.2) is 8.42 Å². The number of halogens is 1. The maximum Gasteiger partial charge on any atom is 0.175 e. The third kappa shape index (κ3) is 5.78. The van der Waals surface area contributed by atoms with Gasteiger partial charge in [-0.05, 0) is 68.5 Å². The molecule has 126 valence electrons. The van der Waals surface area contributed by atoms with E-state index in [0.29, 0.717) is 17.4 Å². The van der Waals surface area contributed by atoms with Crippen LogP contribution in [0.3, 0.4) is 0 Å². The number of ether oxygens (including phenoxy) is 1. The van der Waals surface area contributed by atoms with Crippen LogP contribution in [0.25, 0.3) is 0 Å². The van der Waals surface area contributed by atoms with Crippen LogP contribution < -0.4 is 10.1 Å². The molecule has 0 unspecified atom stereocenters. The monoisotopic (exact) mass is 347 g/mol. The third-order valence-corrected chi connectivity index (χ3v) is 5.41. The quantitative estimate of drug-likeness (QED) is 0.859. The first-order chi connectivity index (χ1) is 9.97.